The number of sulfonamides is 1. The number of ether oxygens (including phenoxy) is 2. The summed E-state index contributed by atoms with van der Waals surface area (Å²) < 4.78 is 37.8. The molecule has 11 heteroatoms. The lowest BCUT2D eigenvalue weighted by Gasteiger charge is -2.50. The number of nitrogens with two attached hydrogens (primary N) is 1. The van der Waals surface area contributed by atoms with E-state index in [1.807, 2.05) is 12.1 Å². The highest BCUT2D eigenvalue weighted by molar-refractivity contribution is 7.88. The number of carbonyl (C=O) groups is 1. The van der Waals surface area contributed by atoms with Gasteiger partial charge in [-0.2, -0.15) is 5.26 Å². The third-order valence-electron chi connectivity index (χ3n) is 7.10. The first kappa shape index (κ1) is 29.3. The standard InChI is InChI=1S/C26H41N5O5S/c1-26(2,3)24(19-35-25(28)32)30-17-22-15-29(16-23(18-30)36-22)12-13-31(37(4,33)34)11-5-6-20-7-9-21(14-27)10-8-20/h7-10,22-24H,5-6,11-13,15-19H2,1-4H3,(H2,28,32). The highest BCUT2D eigenvalue weighted by atomic mass is 32.2. The highest BCUT2D eigenvalue weighted by Gasteiger charge is 2.41. The van der Waals surface area contributed by atoms with Gasteiger partial charge in [0.05, 0.1) is 30.1 Å². The van der Waals surface area contributed by atoms with Gasteiger partial charge in [0.15, 0.2) is 0 Å². The number of primary amides is 1. The molecule has 0 radical (unpaired) electrons. The lowest BCUT2D eigenvalue weighted by molar-refractivity contribution is -0.156. The van der Waals surface area contributed by atoms with E-state index in [0.717, 1.165) is 38.2 Å². The molecule has 2 aliphatic heterocycles. The lowest BCUT2D eigenvalue weighted by Crippen LogP contribution is -2.64. The van der Waals surface area contributed by atoms with E-state index in [4.69, 9.17) is 20.5 Å². The van der Waals surface area contributed by atoms with Crippen LogP contribution in [0.5, 0.6) is 0 Å². The zero-order chi connectivity index (χ0) is 27.2. The summed E-state index contributed by atoms with van der Waals surface area (Å²) in [6, 6.07) is 9.55. The molecule has 10 nitrogen and oxygen atoms in total. The van der Waals surface area contributed by atoms with Gasteiger partial charge in [0.1, 0.15) is 6.61 Å². The van der Waals surface area contributed by atoms with Gasteiger partial charge < -0.3 is 15.2 Å². The molecule has 0 aliphatic carbocycles. The minimum atomic E-state index is -3.33. The second kappa shape index (κ2) is 12.5. The Labute approximate surface area is 221 Å². The molecule has 3 atom stereocenters. The summed E-state index contributed by atoms with van der Waals surface area (Å²) in [5.74, 6) is 0. The number of benzene rings is 1. The van der Waals surface area contributed by atoms with Crippen LogP contribution in [0.15, 0.2) is 24.3 Å². The molecule has 2 saturated heterocycles. The van der Waals surface area contributed by atoms with Crippen LogP contribution in [0.1, 0.15) is 38.3 Å². The van der Waals surface area contributed by atoms with Crippen LogP contribution in [-0.2, 0) is 25.9 Å². The van der Waals surface area contributed by atoms with Crippen molar-refractivity contribution in [2.75, 3.05) is 58.7 Å². The monoisotopic (exact) mass is 535 g/mol. The zero-order valence-electron chi connectivity index (χ0n) is 22.4. The largest absolute Gasteiger partial charge is 0.448 e. The van der Waals surface area contributed by atoms with Crippen molar-refractivity contribution in [2.24, 2.45) is 11.1 Å². The maximum Gasteiger partial charge on any atom is 0.404 e. The molecular weight excluding hydrogens is 494 g/mol. The molecule has 2 aliphatic rings. The van der Waals surface area contributed by atoms with Crippen LogP contribution in [0.25, 0.3) is 0 Å². The van der Waals surface area contributed by atoms with E-state index in [2.05, 4.69) is 36.6 Å². The highest BCUT2D eigenvalue weighted by Crippen LogP contribution is 2.29. The molecule has 0 aromatic heterocycles. The van der Waals surface area contributed by atoms with E-state index >= 15 is 0 Å². The van der Waals surface area contributed by atoms with Crippen molar-refractivity contribution in [1.29, 1.82) is 5.26 Å². The Bertz CT molecular complexity index is 1040. The first-order valence-corrected chi connectivity index (χ1v) is 14.7. The van der Waals surface area contributed by atoms with Crippen LogP contribution in [0, 0.1) is 16.7 Å². The number of amides is 1. The molecular formula is C26H41N5O5S. The second-order valence-electron chi connectivity index (χ2n) is 11.2. The first-order valence-electron chi connectivity index (χ1n) is 12.8. The molecule has 37 heavy (non-hydrogen) atoms. The number of aryl methyl sites for hydroxylation is 1. The Morgan fingerprint density at radius 3 is 2.32 bits per heavy atom. The summed E-state index contributed by atoms with van der Waals surface area (Å²) in [4.78, 5) is 15.8. The fourth-order valence-electron chi connectivity index (χ4n) is 5.21. The number of fused-ring (bicyclic) bond motifs is 2. The zero-order valence-corrected chi connectivity index (χ0v) is 23.2. The number of hydrogen-bond acceptors (Lipinski definition) is 8. The van der Waals surface area contributed by atoms with E-state index in [0.29, 0.717) is 31.6 Å². The summed E-state index contributed by atoms with van der Waals surface area (Å²) in [6.07, 6.45) is 1.99. The molecule has 0 saturated carbocycles. The van der Waals surface area contributed by atoms with Crippen molar-refractivity contribution < 1.29 is 22.7 Å². The molecule has 0 spiro atoms. The van der Waals surface area contributed by atoms with E-state index in [9.17, 15) is 13.2 Å². The number of morpholine rings is 2. The van der Waals surface area contributed by atoms with Gasteiger partial charge in [-0.1, -0.05) is 32.9 Å². The Balaban J connectivity index is 1.52. The summed E-state index contributed by atoms with van der Waals surface area (Å²) >= 11 is 0. The van der Waals surface area contributed by atoms with Gasteiger partial charge in [0.25, 0.3) is 0 Å². The van der Waals surface area contributed by atoms with E-state index < -0.39 is 16.1 Å². The van der Waals surface area contributed by atoms with Crippen LogP contribution in [0.4, 0.5) is 4.79 Å². The van der Waals surface area contributed by atoms with Crippen molar-refractivity contribution in [3.8, 4) is 6.07 Å². The molecule has 3 rings (SSSR count). The Morgan fingerprint density at radius 2 is 1.81 bits per heavy atom. The second-order valence-corrected chi connectivity index (χ2v) is 13.2. The smallest absolute Gasteiger partial charge is 0.404 e. The topological polar surface area (TPSA) is 129 Å². The van der Waals surface area contributed by atoms with Gasteiger partial charge in [-0.3, -0.25) is 9.80 Å². The van der Waals surface area contributed by atoms with Gasteiger partial charge in [0, 0.05) is 51.9 Å². The van der Waals surface area contributed by atoms with Crippen molar-refractivity contribution in [1.82, 2.24) is 14.1 Å². The lowest BCUT2D eigenvalue weighted by atomic mass is 9.85. The Kier molecular flexibility index (Phi) is 9.94. The maximum absolute atomic E-state index is 12.4. The minimum absolute atomic E-state index is 0.00833. The predicted octanol–water partition coefficient (Wildman–Crippen LogP) is 1.65. The van der Waals surface area contributed by atoms with Crippen LogP contribution < -0.4 is 5.73 Å². The third-order valence-corrected chi connectivity index (χ3v) is 8.40. The van der Waals surface area contributed by atoms with Gasteiger partial charge >= 0.3 is 6.09 Å². The van der Waals surface area contributed by atoms with Crippen molar-refractivity contribution in [3.05, 3.63) is 35.4 Å². The van der Waals surface area contributed by atoms with Crippen LogP contribution >= 0.6 is 0 Å². The first-order chi connectivity index (χ1) is 17.3. The number of carbonyl (C=O) groups excluding carboxylic acids is 1. The summed E-state index contributed by atoms with van der Waals surface area (Å²) in [6.45, 7) is 11.1. The summed E-state index contributed by atoms with van der Waals surface area (Å²) in [7, 11) is -3.33. The van der Waals surface area contributed by atoms with Crippen molar-refractivity contribution in [2.45, 2.75) is 51.9 Å². The number of nitrogens with zero attached hydrogens (tertiary/aromatic N) is 4. The SMILES string of the molecule is CC(C)(C)C(COC(N)=O)N1CC2CN(CCN(CCCc3ccc(C#N)cc3)S(C)(=O)=O)CC(C1)O2. The number of hydrogen-bond donors (Lipinski definition) is 1. The predicted molar refractivity (Wildman–Crippen MR) is 141 cm³/mol. The van der Waals surface area contributed by atoms with Gasteiger partial charge in [0.2, 0.25) is 10.0 Å². The molecule has 1 aromatic carbocycles. The Hall–Kier alpha value is -2.23. The van der Waals surface area contributed by atoms with E-state index in [1.165, 1.54) is 6.26 Å². The minimum Gasteiger partial charge on any atom is -0.448 e. The average Bonchev–Trinajstić information content (AvgIpc) is 2.79. The third kappa shape index (κ3) is 8.93. The Morgan fingerprint density at radius 1 is 1.19 bits per heavy atom. The quantitative estimate of drug-likeness (QED) is 0.453. The van der Waals surface area contributed by atoms with Crippen molar-refractivity contribution >= 4 is 16.1 Å². The van der Waals surface area contributed by atoms with Gasteiger partial charge in [-0.25, -0.2) is 17.5 Å². The van der Waals surface area contributed by atoms with E-state index in [-0.39, 0.29) is 30.3 Å². The van der Waals surface area contributed by atoms with Crippen LogP contribution in [0.3, 0.4) is 0 Å². The van der Waals surface area contributed by atoms with E-state index in [1.54, 1.807) is 16.4 Å². The van der Waals surface area contributed by atoms with Gasteiger partial charge in [-0.15, -0.1) is 0 Å². The van der Waals surface area contributed by atoms with Crippen molar-refractivity contribution in [3.63, 3.8) is 0 Å². The number of nitriles is 1. The molecule has 2 fully saturated rings. The molecule has 1 aromatic rings. The maximum atomic E-state index is 12.4. The van der Waals surface area contributed by atoms with Crippen LogP contribution in [0.2, 0.25) is 0 Å². The molecule has 206 valence electrons. The molecule has 2 bridgehead atoms. The normalized spacial score (nSPS) is 21.9. The number of rotatable bonds is 11. The van der Waals surface area contributed by atoms with Gasteiger partial charge in [-0.05, 0) is 36.0 Å². The molecule has 2 heterocycles. The molecule has 3 unspecified atom stereocenters. The summed E-state index contributed by atoms with van der Waals surface area (Å²) in [5, 5.41) is 8.94. The fraction of sp³-hybridized carbons (Fsp3) is 0.692. The summed E-state index contributed by atoms with van der Waals surface area (Å²) in [5.41, 5.74) is 6.82. The van der Waals surface area contributed by atoms with Crippen LogP contribution in [-0.4, -0.2) is 106 Å². The average molecular weight is 536 g/mol. The molecule has 1 amide bonds. The fourth-order valence-corrected chi connectivity index (χ4v) is 6.09. The molecule has 2 N–H and O–H groups in total.